The maximum absolute atomic E-state index is 9.84. The van der Waals surface area contributed by atoms with Gasteiger partial charge < -0.3 is 39.7 Å². The van der Waals surface area contributed by atoms with Crippen molar-refractivity contribution in [2.45, 2.75) is 30.7 Å². The second-order valence-corrected chi connectivity index (χ2v) is 4.65. The number of hydrogen-bond donors (Lipinski definition) is 5. The highest BCUT2D eigenvalue weighted by molar-refractivity contribution is 5.44. The summed E-state index contributed by atoms with van der Waals surface area (Å²) in [6.07, 6.45) is -6.79. The van der Waals surface area contributed by atoms with Crippen LogP contribution in [0.5, 0.6) is 17.2 Å². The van der Waals surface area contributed by atoms with Crippen LogP contribution >= 0.6 is 0 Å². The fourth-order valence-electron chi connectivity index (χ4n) is 2.03. The molecular weight excluding hydrogens is 284 g/mol. The summed E-state index contributed by atoms with van der Waals surface area (Å²) in [6, 6.07) is 4.12. The molecule has 0 unspecified atom stereocenters. The first-order valence-corrected chi connectivity index (χ1v) is 6.32. The van der Waals surface area contributed by atoms with E-state index >= 15 is 0 Å². The average molecular weight is 302 g/mol. The van der Waals surface area contributed by atoms with Crippen LogP contribution in [0, 0.1) is 0 Å². The van der Waals surface area contributed by atoms with E-state index in [0.717, 1.165) is 0 Å². The van der Waals surface area contributed by atoms with E-state index in [1.807, 2.05) is 0 Å². The van der Waals surface area contributed by atoms with Gasteiger partial charge in [0.15, 0.2) is 11.5 Å². The van der Waals surface area contributed by atoms with Gasteiger partial charge in [0.05, 0.1) is 13.7 Å². The molecule has 0 bridgehead atoms. The molecule has 1 aromatic rings. The number of hydrogen-bond acceptors (Lipinski definition) is 8. The van der Waals surface area contributed by atoms with Gasteiger partial charge in [-0.2, -0.15) is 0 Å². The van der Waals surface area contributed by atoms with E-state index in [1.165, 1.54) is 25.3 Å². The molecule has 1 saturated heterocycles. The van der Waals surface area contributed by atoms with Gasteiger partial charge in [0.2, 0.25) is 6.29 Å². The van der Waals surface area contributed by atoms with Crippen molar-refractivity contribution in [2.24, 2.45) is 0 Å². The maximum atomic E-state index is 9.84. The predicted octanol–water partition coefficient (Wildman–Crippen LogP) is -1.42. The highest BCUT2D eigenvalue weighted by atomic mass is 16.7. The molecule has 0 saturated carbocycles. The van der Waals surface area contributed by atoms with Gasteiger partial charge in [-0.25, -0.2) is 0 Å². The van der Waals surface area contributed by atoms with Crippen molar-refractivity contribution < 1.29 is 39.7 Å². The second-order valence-electron chi connectivity index (χ2n) is 4.65. The minimum absolute atomic E-state index is 0.0846. The molecule has 1 heterocycles. The monoisotopic (exact) mass is 302 g/mol. The van der Waals surface area contributed by atoms with Crippen LogP contribution in [0.15, 0.2) is 18.2 Å². The highest BCUT2D eigenvalue weighted by Gasteiger charge is 2.44. The third-order valence-electron chi connectivity index (χ3n) is 3.25. The molecule has 0 spiro atoms. The molecule has 8 nitrogen and oxygen atoms in total. The number of rotatable bonds is 4. The Morgan fingerprint density at radius 3 is 2.48 bits per heavy atom. The van der Waals surface area contributed by atoms with Gasteiger partial charge in [-0.3, -0.25) is 0 Å². The minimum atomic E-state index is -1.51. The van der Waals surface area contributed by atoms with Crippen molar-refractivity contribution in [1.82, 2.24) is 0 Å². The van der Waals surface area contributed by atoms with E-state index in [0.29, 0.717) is 0 Å². The van der Waals surface area contributed by atoms with Crippen LogP contribution in [0.1, 0.15) is 0 Å². The summed E-state index contributed by atoms with van der Waals surface area (Å²) in [5.41, 5.74) is 0. The smallest absolute Gasteiger partial charge is 0.229 e. The number of benzene rings is 1. The number of aliphatic hydroxyl groups is 4. The van der Waals surface area contributed by atoms with Crippen LogP contribution in [0.4, 0.5) is 0 Å². The number of aromatic hydroxyl groups is 1. The van der Waals surface area contributed by atoms with E-state index in [9.17, 15) is 20.4 Å². The molecule has 1 aliphatic heterocycles. The summed E-state index contributed by atoms with van der Waals surface area (Å²) in [5.74, 6) is 0.296. The third-order valence-corrected chi connectivity index (χ3v) is 3.25. The summed E-state index contributed by atoms with van der Waals surface area (Å²) in [7, 11) is 1.37. The maximum Gasteiger partial charge on any atom is 0.229 e. The van der Waals surface area contributed by atoms with Crippen LogP contribution in [0.2, 0.25) is 0 Å². The van der Waals surface area contributed by atoms with Crippen molar-refractivity contribution in [1.29, 1.82) is 0 Å². The Balaban J connectivity index is 2.14. The third kappa shape index (κ3) is 3.20. The SMILES string of the molecule is COc1cc(O[C@@H]2O[C@H](CO)[C@@H](O)[C@H](O)[C@H]2O)ccc1O. The lowest BCUT2D eigenvalue weighted by Crippen LogP contribution is -2.60. The van der Waals surface area contributed by atoms with Crippen LogP contribution in [-0.2, 0) is 4.74 Å². The summed E-state index contributed by atoms with van der Waals surface area (Å²) in [6.45, 7) is -0.538. The van der Waals surface area contributed by atoms with Crippen molar-refractivity contribution in [3.8, 4) is 17.2 Å². The average Bonchev–Trinajstić information content (AvgIpc) is 2.49. The predicted molar refractivity (Wildman–Crippen MR) is 69.1 cm³/mol. The Hall–Kier alpha value is -1.58. The number of methoxy groups -OCH3 is 1. The van der Waals surface area contributed by atoms with Gasteiger partial charge in [-0.05, 0) is 12.1 Å². The molecule has 21 heavy (non-hydrogen) atoms. The zero-order valence-electron chi connectivity index (χ0n) is 11.3. The summed E-state index contributed by atoms with van der Waals surface area (Å²) < 4.78 is 15.5. The summed E-state index contributed by atoms with van der Waals surface area (Å²) in [5, 5.41) is 47.7. The van der Waals surface area contributed by atoms with E-state index in [4.69, 9.17) is 19.3 Å². The molecular formula is C13H18O8. The Bertz CT molecular complexity index is 477. The number of phenolic OH excluding ortho intramolecular Hbond substituents is 1. The topological polar surface area (TPSA) is 129 Å². The molecule has 1 fully saturated rings. The lowest BCUT2D eigenvalue weighted by Gasteiger charge is -2.39. The molecule has 1 aromatic carbocycles. The standard InChI is InChI=1S/C13H18O8/c1-19-8-4-6(2-3-7(8)15)20-13-12(18)11(17)10(16)9(5-14)21-13/h2-4,9-18H,5H2,1H3/t9-,10-,11+,12-,13-/m1/s1. The Morgan fingerprint density at radius 2 is 1.86 bits per heavy atom. The molecule has 5 atom stereocenters. The number of ether oxygens (including phenoxy) is 3. The van der Waals surface area contributed by atoms with Crippen molar-refractivity contribution in [3.05, 3.63) is 18.2 Å². The number of aliphatic hydroxyl groups excluding tert-OH is 4. The first kappa shape index (κ1) is 15.8. The van der Waals surface area contributed by atoms with E-state index in [-0.39, 0.29) is 17.2 Å². The molecule has 1 aliphatic rings. The van der Waals surface area contributed by atoms with Crippen molar-refractivity contribution in [3.63, 3.8) is 0 Å². The molecule has 0 amide bonds. The lowest BCUT2D eigenvalue weighted by molar-refractivity contribution is -0.277. The molecule has 5 N–H and O–H groups in total. The van der Waals surface area contributed by atoms with E-state index in [2.05, 4.69) is 0 Å². The zero-order chi connectivity index (χ0) is 15.6. The van der Waals surface area contributed by atoms with Crippen LogP contribution in [0.3, 0.4) is 0 Å². The molecule has 0 radical (unpaired) electrons. The van der Waals surface area contributed by atoms with Crippen molar-refractivity contribution in [2.75, 3.05) is 13.7 Å². The first-order valence-electron chi connectivity index (χ1n) is 6.32. The van der Waals surface area contributed by atoms with Gasteiger partial charge in [0, 0.05) is 6.07 Å². The van der Waals surface area contributed by atoms with Crippen LogP contribution in [0.25, 0.3) is 0 Å². The fourth-order valence-corrected chi connectivity index (χ4v) is 2.03. The van der Waals surface area contributed by atoms with Gasteiger partial charge in [-0.1, -0.05) is 0 Å². The Kier molecular flexibility index (Phi) is 4.86. The molecule has 0 aliphatic carbocycles. The van der Waals surface area contributed by atoms with Gasteiger partial charge in [0.25, 0.3) is 0 Å². The molecule has 8 heteroatoms. The lowest BCUT2D eigenvalue weighted by atomic mass is 9.99. The van der Waals surface area contributed by atoms with E-state index in [1.54, 1.807) is 0 Å². The second kappa shape index (κ2) is 6.46. The normalized spacial score (nSPS) is 32.7. The summed E-state index contributed by atoms with van der Waals surface area (Å²) in [4.78, 5) is 0. The van der Waals surface area contributed by atoms with E-state index < -0.39 is 37.3 Å². The highest BCUT2D eigenvalue weighted by Crippen LogP contribution is 2.31. The fraction of sp³-hybridized carbons (Fsp3) is 0.538. The summed E-state index contributed by atoms with van der Waals surface area (Å²) >= 11 is 0. The number of phenols is 1. The molecule has 118 valence electrons. The van der Waals surface area contributed by atoms with Gasteiger partial charge in [-0.15, -0.1) is 0 Å². The van der Waals surface area contributed by atoms with Gasteiger partial charge in [0.1, 0.15) is 30.2 Å². The quantitative estimate of drug-likeness (QED) is 0.458. The van der Waals surface area contributed by atoms with Gasteiger partial charge >= 0.3 is 0 Å². The molecule has 2 rings (SSSR count). The zero-order valence-corrected chi connectivity index (χ0v) is 11.3. The molecule has 0 aromatic heterocycles. The Labute approximate surface area is 120 Å². The minimum Gasteiger partial charge on any atom is -0.504 e. The van der Waals surface area contributed by atoms with Crippen molar-refractivity contribution >= 4 is 0 Å². The largest absolute Gasteiger partial charge is 0.504 e. The Morgan fingerprint density at radius 1 is 1.14 bits per heavy atom. The van der Waals surface area contributed by atoms with Crippen LogP contribution in [-0.4, -0.2) is 70.0 Å². The van der Waals surface area contributed by atoms with Crippen LogP contribution < -0.4 is 9.47 Å². The first-order chi connectivity index (χ1) is 9.97.